The fraction of sp³-hybridized carbons (Fsp3) is 0.640. The third-order valence-electron chi connectivity index (χ3n) is 12.0. The zero-order chi connectivity index (χ0) is 39.6. The first kappa shape index (κ1) is 48.2. The number of hydrogen-bond acceptors (Lipinski definition) is 1. The van der Waals surface area contributed by atoms with E-state index >= 15 is 0 Å². The first-order chi connectivity index (χ1) is 24.6. The molecule has 3 saturated carbocycles. The molecule has 2 heteroatoms. The molecule has 0 aromatic carbocycles. The molecule has 1 saturated heterocycles. The van der Waals surface area contributed by atoms with Gasteiger partial charge in [-0.2, -0.15) is 0 Å². The number of halogens is 1. The van der Waals surface area contributed by atoms with Crippen LogP contribution in [-0.2, 0) is 0 Å². The monoisotopic (exact) mass is 826 g/mol. The van der Waals surface area contributed by atoms with E-state index in [9.17, 15) is 0 Å². The molecular formula is C50H84IN. The molecule has 1 heterocycles. The van der Waals surface area contributed by atoms with Crippen molar-refractivity contribution >= 4 is 19.8 Å². The molecule has 7 unspecified atom stereocenters. The zero-order valence-corrected chi connectivity index (χ0v) is 38.2. The number of alkyl halides is 3. The minimum atomic E-state index is -0.372. The van der Waals surface area contributed by atoms with Crippen molar-refractivity contribution in [3.63, 3.8) is 0 Å². The molecule has 0 spiro atoms. The Morgan fingerprint density at radius 1 is 0.904 bits per heavy atom. The van der Waals surface area contributed by atoms with Gasteiger partial charge in [0.2, 0.25) is 0 Å². The van der Waals surface area contributed by atoms with Gasteiger partial charge in [0.05, 0.1) is 0 Å². The van der Waals surface area contributed by atoms with Crippen LogP contribution in [0.15, 0.2) is 111 Å². The summed E-state index contributed by atoms with van der Waals surface area (Å²) in [5, 5.41) is 0. The van der Waals surface area contributed by atoms with E-state index in [0.717, 1.165) is 43.4 Å². The third-order valence-corrected chi connectivity index (χ3v) is 16.8. The summed E-state index contributed by atoms with van der Waals surface area (Å²) in [6.45, 7) is 47.3. The Bertz CT molecular complexity index is 1180. The van der Waals surface area contributed by atoms with Crippen molar-refractivity contribution in [1.29, 1.82) is 0 Å². The van der Waals surface area contributed by atoms with Gasteiger partial charge in [-0.25, -0.2) is 0 Å². The van der Waals surface area contributed by atoms with Crippen molar-refractivity contribution in [2.24, 2.45) is 46.8 Å². The first-order valence-electron chi connectivity index (χ1n) is 20.7. The second-order valence-electron chi connectivity index (χ2n) is 17.0. The molecule has 4 fully saturated rings. The van der Waals surface area contributed by atoms with Crippen LogP contribution >= 0.6 is 19.8 Å². The van der Waals surface area contributed by atoms with Crippen LogP contribution in [0.5, 0.6) is 0 Å². The van der Waals surface area contributed by atoms with Crippen molar-refractivity contribution in [2.45, 2.75) is 136 Å². The van der Waals surface area contributed by atoms with Crippen molar-refractivity contribution in [2.75, 3.05) is 16.4 Å². The Kier molecular flexibility index (Phi) is 22.8. The molecule has 0 N–H and O–H groups in total. The fourth-order valence-electron chi connectivity index (χ4n) is 9.48. The molecule has 0 aromatic heterocycles. The van der Waals surface area contributed by atoms with Crippen LogP contribution in [0, 0.1) is 46.8 Å². The van der Waals surface area contributed by atoms with Gasteiger partial charge in [-0.3, -0.25) is 0 Å². The van der Waals surface area contributed by atoms with E-state index in [2.05, 4.69) is 105 Å². The summed E-state index contributed by atoms with van der Waals surface area (Å²) >= 11 is -0.372. The van der Waals surface area contributed by atoms with Gasteiger partial charge in [-0.15, -0.1) is 26.3 Å². The minimum absolute atomic E-state index is 0.372. The van der Waals surface area contributed by atoms with Gasteiger partial charge in [0.15, 0.2) is 0 Å². The van der Waals surface area contributed by atoms with E-state index in [0.29, 0.717) is 35.1 Å². The van der Waals surface area contributed by atoms with E-state index in [-0.39, 0.29) is 19.8 Å². The number of allylic oxidation sites excluding steroid dienone is 10. The van der Waals surface area contributed by atoms with Crippen LogP contribution in [0.25, 0.3) is 0 Å². The Morgan fingerprint density at radius 3 is 1.83 bits per heavy atom. The summed E-state index contributed by atoms with van der Waals surface area (Å²) < 4.78 is 1.22. The summed E-state index contributed by atoms with van der Waals surface area (Å²) in [6, 6.07) is 0.468. The number of rotatable bonds is 13. The van der Waals surface area contributed by atoms with Crippen LogP contribution in [-0.4, -0.2) is 31.3 Å². The standard InChI is InChI=1S/C34H49N.C7H15I.C4H8.C3H6.C2H6/c1-9-11-15-23(3)24(4)31(18-12-10-2)33-32-30(21-34(32,7)8)22-35(33)26(6)25(5)29-19-27-16-13-14-17-28(27)20-29;1-8(2)7-5-3-4-6-7;1-4(2)3;1-3-2;1-2/h9-10,13-14,16-17,25,27-33H,1-4,6,11-12,15,18-22H2,5,7-8H3;7H,3-6H2,1-2H3;1H2,2-3H3;3H,1H2,2H3;1-2H3. The van der Waals surface area contributed by atoms with E-state index in [4.69, 9.17) is 6.58 Å². The Labute approximate surface area is 333 Å². The second-order valence-corrected chi connectivity index (χ2v) is 23.4. The normalized spacial score (nSPS) is 27.3. The number of nitrogens with zero attached hydrogens (tertiary/aromatic N) is 1. The maximum atomic E-state index is 4.81. The number of fused-ring (bicyclic) bond motifs is 2. The number of hydrogen-bond donors (Lipinski definition) is 0. The average Bonchev–Trinajstić information content (AvgIpc) is 3.86. The van der Waals surface area contributed by atoms with Gasteiger partial charge in [0, 0.05) is 24.2 Å². The summed E-state index contributed by atoms with van der Waals surface area (Å²) in [5.74, 6) is 4.55. The fourth-order valence-corrected chi connectivity index (χ4v) is 12.9. The molecule has 1 nitrogen and oxygen atoms in total. The summed E-state index contributed by atoms with van der Waals surface area (Å²) in [4.78, 5) is 7.77. The SMILES string of the molecule is C=C(C)C.C=CC.C=CCCC(=C)C(=C)C(CCC=C)C1C2C(CN1C(=C)C(C)C1CC3C=CC=CC3C1)CC2(C)C.CC.CI(C)C1CCCC1. The van der Waals surface area contributed by atoms with Gasteiger partial charge in [-0.1, -0.05) is 108 Å². The molecule has 5 aliphatic rings. The van der Waals surface area contributed by atoms with Gasteiger partial charge in [-0.05, 0) is 112 Å². The van der Waals surface area contributed by atoms with Crippen LogP contribution in [0.1, 0.15) is 126 Å². The summed E-state index contributed by atoms with van der Waals surface area (Å²) in [7, 11) is 0. The van der Waals surface area contributed by atoms with Crippen LogP contribution in [0.3, 0.4) is 0 Å². The quantitative estimate of drug-likeness (QED) is 0.0774. The Balaban J connectivity index is 0.000000661. The van der Waals surface area contributed by atoms with E-state index in [1.54, 1.807) is 18.9 Å². The van der Waals surface area contributed by atoms with E-state index in [1.165, 1.54) is 65.0 Å². The van der Waals surface area contributed by atoms with Gasteiger partial charge < -0.3 is 4.90 Å². The Hall–Kier alpha value is -1.81. The van der Waals surface area contributed by atoms with Gasteiger partial charge in [0.25, 0.3) is 0 Å². The topological polar surface area (TPSA) is 3.24 Å². The molecular weight excluding hydrogens is 741 g/mol. The van der Waals surface area contributed by atoms with Crippen molar-refractivity contribution in [1.82, 2.24) is 4.90 Å². The number of likely N-dealkylation sites (tertiary alicyclic amines) is 1. The van der Waals surface area contributed by atoms with Crippen molar-refractivity contribution < 1.29 is 0 Å². The molecule has 0 radical (unpaired) electrons. The molecule has 0 bridgehead atoms. The first-order valence-corrected chi connectivity index (χ1v) is 26.3. The van der Waals surface area contributed by atoms with Crippen molar-refractivity contribution in [3.05, 3.63) is 111 Å². The molecule has 5 rings (SSSR count). The van der Waals surface area contributed by atoms with Gasteiger partial charge in [0.1, 0.15) is 0 Å². The average molecular weight is 826 g/mol. The summed E-state index contributed by atoms with van der Waals surface area (Å²) in [5.41, 5.74) is 5.39. The van der Waals surface area contributed by atoms with Gasteiger partial charge >= 0.3 is 59.3 Å². The van der Waals surface area contributed by atoms with E-state index < -0.39 is 0 Å². The molecule has 4 aliphatic carbocycles. The predicted octanol–water partition coefficient (Wildman–Crippen LogP) is 15.4. The van der Waals surface area contributed by atoms with Crippen molar-refractivity contribution in [3.8, 4) is 0 Å². The molecule has 1 aliphatic heterocycles. The summed E-state index contributed by atoms with van der Waals surface area (Å²) in [6.07, 6.45) is 29.3. The zero-order valence-electron chi connectivity index (χ0n) is 36.0. The molecule has 0 aromatic rings. The predicted molar refractivity (Wildman–Crippen MR) is 249 cm³/mol. The van der Waals surface area contributed by atoms with Crippen LogP contribution in [0.2, 0.25) is 0 Å². The Morgan fingerprint density at radius 2 is 1.40 bits per heavy atom. The van der Waals surface area contributed by atoms with Crippen LogP contribution in [0.4, 0.5) is 0 Å². The molecule has 7 atom stereocenters. The molecule has 0 amide bonds. The maximum absolute atomic E-state index is 4.81. The van der Waals surface area contributed by atoms with Crippen LogP contribution < -0.4 is 0 Å². The second kappa shape index (κ2) is 24.6. The van der Waals surface area contributed by atoms with E-state index in [1.807, 2.05) is 40.7 Å². The third kappa shape index (κ3) is 14.1. The molecule has 296 valence electrons. The molecule has 52 heavy (non-hydrogen) atoms.